The smallest absolute Gasteiger partial charge is 0.230 e. The van der Waals surface area contributed by atoms with Crippen LogP contribution in [0.15, 0.2) is 35.2 Å². The van der Waals surface area contributed by atoms with Crippen LogP contribution in [0.2, 0.25) is 0 Å². The molecule has 5 nitrogen and oxygen atoms in total. The van der Waals surface area contributed by atoms with Crippen molar-refractivity contribution < 1.29 is 8.91 Å². The Morgan fingerprint density at radius 3 is 2.91 bits per heavy atom. The molecule has 6 heteroatoms. The van der Waals surface area contributed by atoms with Crippen molar-refractivity contribution >= 4 is 0 Å². The van der Waals surface area contributed by atoms with Crippen LogP contribution >= 0.6 is 0 Å². The third-order valence-corrected chi connectivity index (χ3v) is 4.15. The van der Waals surface area contributed by atoms with Crippen LogP contribution in [-0.4, -0.2) is 19.7 Å². The van der Waals surface area contributed by atoms with Crippen LogP contribution < -0.4 is 0 Å². The van der Waals surface area contributed by atoms with E-state index in [0.717, 1.165) is 17.7 Å². The van der Waals surface area contributed by atoms with Crippen molar-refractivity contribution in [1.82, 2.24) is 19.7 Å². The summed E-state index contributed by atoms with van der Waals surface area (Å²) < 4.78 is 21.3. The second kappa shape index (κ2) is 4.76. The van der Waals surface area contributed by atoms with E-state index in [-0.39, 0.29) is 11.7 Å². The van der Waals surface area contributed by atoms with E-state index in [1.165, 1.54) is 6.07 Å². The second-order valence-electron chi connectivity index (χ2n) is 5.82. The summed E-state index contributed by atoms with van der Waals surface area (Å²) in [5.74, 6) is 1.10. The molecule has 1 aliphatic rings. The number of hydrogen-bond donors (Lipinski definition) is 0. The van der Waals surface area contributed by atoms with Crippen molar-refractivity contribution in [2.75, 3.05) is 0 Å². The minimum atomic E-state index is -0.327. The van der Waals surface area contributed by atoms with Crippen LogP contribution in [0.5, 0.6) is 0 Å². The molecule has 1 saturated carbocycles. The van der Waals surface area contributed by atoms with Gasteiger partial charge >= 0.3 is 0 Å². The Bertz CT molecular complexity index is 838. The molecule has 0 amide bonds. The molecule has 1 fully saturated rings. The highest BCUT2D eigenvalue weighted by Gasteiger charge is 2.45. The van der Waals surface area contributed by atoms with E-state index >= 15 is 0 Å². The Kier molecular flexibility index (Phi) is 2.85. The van der Waals surface area contributed by atoms with Gasteiger partial charge in [-0.2, -0.15) is 4.98 Å². The first-order chi connectivity index (χ1) is 10.6. The summed E-state index contributed by atoms with van der Waals surface area (Å²) in [5.41, 5.74) is 2.40. The maximum absolute atomic E-state index is 14.0. The zero-order valence-corrected chi connectivity index (χ0v) is 12.3. The molecule has 0 N–H and O–H groups in total. The molecule has 0 spiro atoms. The molecule has 0 saturated heterocycles. The Hall–Kier alpha value is -2.50. The third-order valence-electron chi connectivity index (χ3n) is 4.15. The van der Waals surface area contributed by atoms with Crippen molar-refractivity contribution in [3.63, 3.8) is 0 Å². The number of aryl methyl sites for hydroxylation is 2. The van der Waals surface area contributed by atoms with Crippen molar-refractivity contribution in [3.05, 3.63) is 53.7 Å². The molecule has 0 radical (unpaired) electrons. The van der Waals surface area contributed by atoms with E-state index in [4.69, 9.17) is 4.52 Å². The monoisotopic (exact) mass is 298 g/mol. The first-order valence-electron chi connectivity index (χ1n) is 7.20. The fraction of sp³-hybridized carbons (Fsp3) is 0.312. The summed E-state index contributed by atoms with van der Waals surface area (Å²) in [7, 11) is 1.97. The van der Waals surface area contributed by atoms with Gasteiger partial charge in [0.05, 0.1) is 11.9 Å². The van der Waals surface area contributed by atoms with Crippen LogP contribution in [0, 0.1) is 12.7 Å². The third kappa shape index (κ3) is 2.11. The number of hydrogen-bond acceptors (Lipinski definition) is 4. The molecule has 2 atom stereocenters. The van der Waals surface area contributed by atoms with Gasteiger partial charge in [-0.1, -0.05) is 11.2 Å². The quantitative estimate of drug-likeness (QED) is 0.745. The highest BCUT2D eigenvalue weighted by atomic mass is 19.1. The summed E-state index contributed by atoms with van der Waals surface area (Å²) in [6.07, 6.45) is 4.60. The molecule has 2 heterocycles. The fourth-order valence-corrected chi connectivity index (χ4v) is 2.82. The predicted octanol–water partition coefficient (Wildman–Crippen LogP) is 3.19. The van der Waals surface area contributed by atoms with Gasteiger partial charge in [0.2, 0.25) is 11.7 Å². The van der Waals surface area contributed by atoms with Crippen LogP contribution in [0.1, 0.15) is 35.4 Å². The van der Waals surface area contributed by atoms with Crippen LogP contribution in [0.3, 0.4) is 0 Å². The van der Waals surface area contributed by atoms with Crippen LogP contribution in [0.25, 0.3) is 11.4 Å². The fourth-order valence-electron chi connectivity index (χ4n) is 2.82. The Morgan fingerprint density at radius 1 is 1.32 bits per heavy atom. The average molecular weight is 298 g/mol. The number of halogens is 1. The van der Waals surface area contributed by atoms with Gasteiger partial charge in [-0.05, 0) is 31.0 Å². The van der Waals surface area contributed by atoms with E-state index in [0.29, 0.717) is 23.2 Å². The maximum Gasteiger partial charge on any atom is 0.230 e. The first kappa shape index (κ1) is 13.2. The molecule has 0 aliphatic heterocycles. The summed E-state index contributed by atoms with van der Waals surface area (Å²) in [6.45, 7) is 1.84. The van der Waals surface area contributed by atoms with E-state index in [1.54, 1.807) is 12.4 Å². The average Bonchev–Trinajstić information content (AvgIpc) is 2.92. The van der Waals surface area contributed by atoms with Gasteiger partial charge in [0.15, 0.2) is 0 Å². The highest BCUT2D eigenvalue weighted by Crippen LogP contribution is 2.54. The first-order valence-corrected chi connectivity index (χ1v) is 7.20. The number of imidazole rings is 1. The van der Waals surface area contributed by atoms with E-state index in [1.807, 2.05) is 30.8 Å². The molecule has 0 bridgehead atoms. The van der Waals surface area contributed by atoms with Crippen LogP contribution in [0.4, 0.5) is 4.39 Å². The molecule has 3 aromatic rings. The SMILES string of the molecule is Cc1ccc(-c2noc([C@@H]3C[C@H]3c3cncn3C)n2)c(F)c1. The van der Waals surface area contributed by atoms with Crippen molar-refractivity contribution in [2.24, 2.45) is 7.05 Å². The van der Waals surface area contributed by atoms with E-state index < -0.39 is 0 Å². The lowest BCUT2D eigenvalue weighted by atomic mass is 10.1. The number of aromatic nitrogens is 4. The summed E-state index contributed by atoms with van der Waals surface area (Å²) >= 11 is 0. The Morgan fingerprint density at radius 2 is 2.18 bits per heavy atom. The standard InChI is InChI=1S/C16H15FN4O/c1-9-3-4-10(13(17)5-9)15-19-16(22-20-15)12-6-11(12)14-7-18-8-21(14)2/h3-5,7-8,11-12H,6H2,1-2H3/t11-,12-/m1/s1. The number of nitrogens with zero attached hydrogens (tertiary/aromatic N) is 4. The summed E-state index contributed by atoms with van der Waals surface area (Å²) in [5, 5.41) is 3.93. The van der Waals surface area contributed by atoms with E-state index in [2.05, 4.69) is 15.1 Å². The predicted molar refractivity (Wildman–Crippen MR) is 77.7 cm³/mol. The summed E-state index contributed by atoms with van der Waals surface area (Å²) in [6, 6.07) is 5.00. The molecule has 22 heavy (non-hydrogen) atoms. The van der Waals surface area contributed by atoms with Gasteiger partial charge < -0.3 is 9.09 Å². The van der Waals surface area contributed by atoms with Gasteiger partial charge in [-0.15, -0.1) is 0 Å². The number of rotatable bonds is 3. The molecule has 4 rings (SSSR count). The van der Waals surface area contributed by atoms with Gasteiger partial charge in [-0.3, -0.25) is 0 Å². The molecule has 1 aliphatic carbocycles. The zero-order valence-electron chi connectivity index (χ0n) is 12.3. The largest absolute Gasteiger partial charge is 0.339 e. The van der Waals surface area contributed by atoms with Crippen molar-refractivity contribution in [3.8, 4) is 11.4 Å². The lowest BCUT2D eigenvalue weighted by molar-refractivity contribution is 0.378. The molecule has 1 aromatic carbocycles. The minimum Gasteiger partial charge on any atom is -0.339 e. The Balaban J connectivity index is 1.59. The Labute approximate surface area is 126 Å². The lowest BCUT2D eigenvalue weighted by Crippen LogP contribution is -1.93. The maximum atomic E-state index is 14.0. The van der Waals surface area contributed by atoms with Crippen LogP contribution in [-0.2, 0) is 7.05 Å². The van der Waals surface area contributed by atoms with Crippen molar-refractivity contribution in [2.45, 2.75) is 25.2 Å². The molecule has 112 valence electrons. The highest BCUT2D eigenvalue weighted by molar-refractivity contribution is 5.56. The molecular weight excluding hydrogens is 283 g/mol. The van der Waals surface area contributed by atoms with Crippen molar-refractivity contribution in [1.29, 1.82) is 0 Å². The lowest BCUT2D eigenvalue weighted by Gasteiger charge is -1.99. The van der Waals surface area contributed by atoms with Gasteiger partial charge in [0, 0.05) is 30.8 Å². The number of benzene rings is 1. The zero-order chi connectivity index (χ0) is 15.3. The minimum absolute atomic E-state index is 0.199. The second-order valence-corrected chi connectivity index (χ2v) is 5.82. The normalized spacial score (nSPS) is 20.3. The van der Waals surface area contributed by atoms with Gasteiger partial charge in [0.25, 0.3) is 0 Å². The molecule has 0 unspecified atom stereocenters. The van der Waals surface area contributed by atoms with Gasteiger partial charge in [0.1, 0.15) is 5.82 Å². The molecule has 2 aromatic heterocycles. The molecular formula is C16H15FN4O. The summed E-state index contributed by atoms with van der Waals surface area (Å²) in [4.78, 5) is 8.51. The topological polar surface area (TPSA) is 56.7 Å². The van der Waals surface area contributed by atoms with Gasteiger partial charge in [-0.25, -0.2) is 9.37 Å². The van der Waals surface area contributed by atoms with E-state index in [9.17, 15) is 4.39 Å².